The highest BCUT2D eigenvalue weighted by atomic mass is 35.5. The van der Waals surface area contributed by atoms with Crippen LogP contribution in [0.4, 0.5) is 0 Å². The fourth-order valence-corrected chi connectivity index (χ4v) is 3.14. The first-order valence-corrected chi connectivity index (χ1v) is 9.01. The summed E-state index contributed by atoms with van der Waals surface area (Å²) in [5, 5.41) is 4.01. The van der Waals surface area contributed by atoms with Gasteiger partial charge in [-0.3, -0.25) is 4.79 Å². The van der Waals surface area contributed by atoms with E-state index in [1.807, 2.05) is 36.4 Å². The molecule has 132 valence electrons. The maximum atomic E-state index is 11.7. The molecule has 3 aromatic rings. The smallest absolute Gasteiger partial charge is 0.331 e. The average molecular weight is 387 g/mol. The number of amides is 1. The van der Waals surface area contributed by atoms with E-state index in [2.05, 4.69) is 10.3 Å². The molecular weight excluding hydrogens is 372 g/mol. The van der Waals surface area contributed by atoms with Gasteiger partial charge in [0.2, 0.25) is 0 Å². The van der Waals surface area contributed by atoms with Gasteiger partial charge in [-0.15, -0.1) is 11.3 Å². The quantitative estimate of drug-likeness (QED) is 0.516. The molecule has 0 radical (unpaired) electrons. The number of nitrogens with zero attached hydrogens (tertiary/aromatic N) is 1. The number of hydrogen-bond donors (Lipinski definition) is 1. The molecule has 1 aromatic heterocycles. The number of hydrogen-bond acceptors (Lipinski definition) is 5. The molecule has 1 heterocycles. The molecule has 0 aliphatic carbocycles. The van der Waals surface area contributed by atoms with Crippen LogP contribution in [0.5, 0.6) is 0 Å². The number of esters is 1. The van der Waals surface area contributed by atoms with Gasteiger partial charge >= 0.3 is 5.97 Å². The van der Waals surface area contributed by atoms with E-state index < -0.39 is 5.97 Å². The number of nitrogens with one attached hydrogen (secondary N) is 1. The molecule has 26 heavy (non-hydrogen) atoms. The summed E-state index contributed by atoms with van der Waals surface area (Å²) in [5.41, 5.74) is 1.79. The summed E-state index contributed by atoms with van der Waals surface area (Å²) in [6.07, 6.45) is 2.85. The summed E-state index contributed by atoms with van der Waals surface area (Å²) in [6, 6.07) is 14.8. The molecule has 0 unspecified atom stereocenters. The molecular formula is C19H15ClN2O3S. The summed E-state index contributed by atoms with van der Waals surface area (Å²) in [4.78, 5) is 27.8. The lowest BCUT2D eigenvalue weighted by Crippen LogP contribution is -2.28. The van der Waals surface area contributed by atoms with Gasteiger partial charge in [-0.05, 0) is 35.9 Å². The zero-order valence-corrected chi connectivity index (χ0v) is 15.2. The largest absolute Gasteiger partial charge is 0.452 e. The molecule has 7 heteroatoms. The summed E-state index contributed by atoms with van der Waals surface area (Å²) in [7, 11) is 0. The minimum atomic E-state index is -0.592. The third kappa shape index (κ3) is 5.15. The van der Waals surface area contributed by atoms with E-state index in [-0.39, 0.29) is 12.5 Å². The Labute approximate surface area is 159 Å². The standard InChI is InChI=1S/C19H15ClN2O3S/c20-14-7-5-13(6-8-14)11-21-17(23)12-25-19(24)10-9-18-22-15-3-1-2-4-16(15)26-18/h1-10H,11-12H2,(H,21,23)/b10-9+. The highest BCUT2D eigenvalue weighted by Gasteiger charge is 2.06. The van der Waals surface area contributed by atoms with Gasteiger partial charge in [0.15, 0.2) is 6.61 Å². The van der Waals surface area contributed by atoms with E-state index in [9.17, 15) is 9.59 Å². The second kappa shape index (κ2) is 8.60. The van der Waals surface area contributed by atoms with Crippen LogP contribution in [-0.4, -0.2) is 23.5 Å². The van der Waals surface area contributed by atoms with Crippen molar-refractivity contribution in [3.8, 4) is 0 Å². The van der Waals surface area contributed by atoms with Crippen molar-refractivity contribution < 1.29 is 14.3 Å². The van der Waals surface area contributed by atoms with Crippen molar-refractivity contribution in [2.75, 3.05) is 6.61 Å². The Morgan fingerprint density at radius 2 is 1.92 bits per heavy atom. The molecule has 0 aliphatic heterocycles. The van der Waals surface area contributed by atoms with Crippen molar-refractivity contribution in [2.24, 2.45) is 0 Å². The van der Waals surface area contributed by atoms with Crippen LogP contribution in [0.15, 0.2) is 54.6 Å². The number of halogens is 1. The van der Waals surface area contributed by atoms with Crippen LogP contribution in [0.1, 0.15) is 10.6 Å². The number of fused-ring (bicyclic) bond motifs is 1. The molecule has 3 rings (SSSR count). The van der Waals surface area contributed by atoms with Crippen molar-refractivity contribution in [3.63, 3.8) is 0 Å². The highest BCUT2D eigenvalue weighted by molar-refractivity contribution is 7.19. The van der Waals surface area contributed by atoms with Crippen molar-refractivity contribution >= 4 is 51.1 Å². The van der Waals surface area contributed by atoms with Crippen LogP contribution in [0.2, 0.25) is 5.02 Å². The monoisotopic (exact) mass is 386 g/mol. The first-order valence-electron chi connectivity index (χ1n) is 7.82. The number of thiazole rings is 1. The normalized spacial score (nSPS) is 11.0. The van der Waals surface area contributed by atoms with Gasteiger partial charge in [0.1, 0.15) is 5.01 Å². The molecule has 0 bridgehead atoms. The molecule has 1 amide bonds. The molecule has 0 spiro atoms. The number of rotatable bonds is 6. The zero-order chi connectivity index (χ0) is 18.4. The Morgan fingerprint density at radius 1 is 1.15 bits per heavy atom. The van der Waals surface area contributed by atoms with E-state index in [1.54, 1.807) is 18.2 Å². The maximum Gasteiger partial charge on any atom is 0.331 e. The van der Waals surface area contributed by atoms with Gasteiger partial charge in [0, 0.05) is 17.6 Å². The first kappa shape index (κ1) is 18.1. The fraction of sp³-hybridized carbons (Fsp3) is 0.105. The number of ether oxygens (including phenoxy) is 1. The van der Waals surface area contributed by atoms with E-state index in [4.69, 9.17) is 16.3 Å². The molecule has 0 saturated carbocycles. The summed E-state index contributed by atoms with van der Waals surface area (Å²) < 4.78 is 5.97. The van der Waals surface area contributed by atoms with Crippen LogP contribution in [0.3, 0.4) is 0 Å². The second-order valence-electron chi connectivity index (χ2n) is 5.36. The third-order valence-electron chi connectivity index (χ3n) is 3.42. The van der Waals surface area contributed by atoms with Crippen LogP contribution in [-0.2, 0) is 20.9 Å². The minimum absolute atomic E-state index is 0.337. The molecule has 0 aliphatic rings. The number of para-hydroxylation sites is 1. The molecule has 0 fully saturated rings. The number of carbonyl (C=O) groups is 2. The van der Waals surface area contributed by atoms with E-state index in [0.29, 0.717) is 16.6 Å². The zero-order valence-electron chi connectivity index (χ0n) is 13.6. The lowest BCUT2D eigenvalue weighted by Gasteiger charge is -2.05. The third-order valence-corrected chi connectivity index (χ3v) is 4.67. The van der Waals surface area contributed by atoms with Crippen molar-refractivity contribution in [3.05, 3.63) is 70.2 Å². The molecule has 1 N–H and O–H groups in total. The number of aromatic nitrogens is 1. The summed E-state index contributed by atoms with van der Waals surface area (Å²) in [5.74, 6) is -0.965. The SMILES string of the molecule is O=C(COC(=O)/C=C/c1nc2ccccc2s1)NCc1ccc(Cl)cc1. The maximum absolute atomic E-state index is 11.7. The number of benzene rings is 2. The predicted molar refractivity (Wildman–Crippen MR) is 103 cm³/mol. The second-order valence-corrected chi connectivity index (χ2v) is 6.86. The molecule has 2 aromatic carbocycles. The topological polar surface area (TPSA) is 68.3 Å². The first-order chi connectivity index (χ1) is 12.6. The predicted octanol–water partition coefficient (Wildman–Crippen LogP) is 3.82. The van der Waals surface area contributed by atoms with Crippen LogP contribution in [0.25, 0.3) is 16.3 Å². The minimum Gasteiger partial charge on any atom is -0.452 e. The molecule has 0 saturated heterocycles. The summed E-state index contributed by atoms with van der Waals surface area (Å²) in [6.45, 7) is 0.00566. The van der Waals surface area contributed by atoms with Crippen molar-refractivity contribution in [1.29, 1.82) is 0 Å². The van der Waals surface area contributed by atoms with Gasteiger partial charge in [0.05, 0.1) is 10.2 Å². The molecule has 0 atom stereocenters. The van der Waals surface area contributed by atoms with Crippen LogP contribution < -0.4 is 5.32 Å². The van der Waals surface area contributed by atoms with E-state index >= 15 is 0 Å². The Hall–Kier alpha value is -2.70. The van der Waals surface area contributed by atoms with Crippen molar-refractivity contribution in [1.82, 2.24) is 10.3 Å². The van der Waals surface area contributed by atoms with Gasteiger partial charge in [-0.2, -0.15) is 0 Å². The van der Waals surface area contributed by atoms with E-state index in [1.165, 1.54) is 17.4 Å². The summed E-state index contributed by atoms with van der Waals surface area (Å²) >= 11 is 7.28. The Kier molecular flexibility index (Phi) is 5.99. The Balaban J connectivity index is 1.44. The number of carbonyl (C=O) groups excluding carboxylic acids is 2. The van der Waals surface area contributed by atoms with Gasteiger partial charge in [-0.25, -0.2) is 9.78 Å². The van der Waals surface area contributed by atoms with Gasteiger partial charge in [-0.1, -0.05) is 35.9 Å². The van der Waals surface area contributed by atoms with Crippen LogP contribution >= 0.6 is 22.9 Å². The van der Waals surface area contributed by atoms with Gasteiger partial charge in [0.25, 0.3) is 5.91 Å². The van der Waals surface area contributed by atoms with E-state index in [0.717, 1.165) is 15.8 Å². The lowest BCUT2D eigenvalue weighted by molar-refractivity contribution is -0.143. The fourth-order valence-electron chi connectivity index (χ4n) is 2.14. The van der Waals surface area contributed by atoms with Crippen LogP contribution in [0, 0.1) is 0 Å². The van der Waals surface area contributed by atoms with Gasteiger partial charge < -0.3 is 10.1 Å². The Bertz CT molecular complexity index is 918. The van der Waals surface area contributed by atoms with Crippen molar-refractivity contribution in [2.45, 2.75) is 6.54 Å². The average Bonchev–Trinajstić information content (AvgIpc) is 3.07. The highest BCUT2D eigenvalue weighted by Crippen LogP contribution is 2.22. The molecule has 5 nitrogen and oxygen atoms in total. The lowest BCUT2D eigenvalue weighted by atomic mass is 10.2. The Morgan fingerprint density at radius 3 is 2.69 bits per heavy atom.